The first-order valence-electron chi connectivity index (χ1n) is 3.80. The number of hydrogen-bond donors (Lipinski definition) is 0. The van der Waals surface area contributed by atoms with Crippen LogP contribution >= 0.6 is 27.3 Å². The van der Waals surface area contributed by atoms with E-state index in [0.29, 0.717) is 5.69 Å². The van der Waals surface area contributed by atoms with Crippen molar-refractivity contribution in [3.05, 3.63) is 14.5 Å². The van der Waals surface area contributed by atoms with E-state index in [1.165, 1.54) is 18.4 Å². The summed E-state index contributed by atoms with van der Waals surface area (Å²) >= 11 is 4.72. The molecule has 1 aromatic heterocycles. The van der Waals surface area contributed by atoms with Gasteiger partial charge in [-0.05, 0) is 21.8 Å². The molecule has 0 radical (unpaired) electrons. The fraction of sp³-hybridized carbons (Fsp3) is 0.500. The second-order valence-electron chi connectivity index (χ2n) is 2.83. The van der Waals surface area contributed by atoms with Crippen LogP contribution in [0.25, 0.3) is 0 Å². The second kappa shape index (κ2) is 4.19. The van der Waals surface area contributed by atoms with Gasteiger partial charge in [0.05, 0.1) is 7.11 Å². The van der Waals surface area contributed by atoms with Gasteiger partial charge in [-0.1, -0.05) is 13.8 Å². The van der Waals surface area contributed by atoms with Crippen molar-refractivity contribution in [2.75, 3.05) is 7.11 Å². The summed E-state index contributed by atoms with van der Waals surface area (Å²) in [5, 5.41) is 0. The largest absolute Gasteiger partial charge is 0.464 e. The van der Waals surface area contributed by atoms with Crippen LogP contribution in [0.3, 0.4) is 0 Å². The Labute approximate surface area is 89.3 Å². The van der Waals surface area contributed by atoms with Gasteiger partial charge in [-0.25, -0.2) is 9.78 Å². The summed E-state index contributed by atoms with van der Waals surface area (Å²) < 4.78 is 5.34. The molecule has 1 aromatic rings. The van der Waals surface area contributed by atoms with E-state index >= 15 is 0 Å². The highest BCUT2D eigenvalue weighted by molar-refractivity contribution is 9.11. The summed E-state index contributed by atoms with van der Waals surface area (Å²) in [6.07, 6.45) is 0. The molecule has 13 heavy (non-hydrogen) atoms. The number of carbonyl (C=O) groups excluding carboxylic acids is 1. The molecule has 5 heteroatoms. The van der Waals surface area contributed by atoms with Crippen molar-refractivity contribution in [3.63, 3.8) is 0 Å². The molecule has 0 fully saturated rings. The quantitative estimate of drug-likeness (QED) is 0.771. The Balaban J connectivity index is 3.11. The minimum atomic E-state index is -0.370. The van der Waals surface area contributed by atoms with Crippen molar-refractivity contribution < 1.29 is 9.53 Å². The van der Waals surface area contributed by atoms with Gasteiger partial charge in [0.15, 0.2) is 9.61 Å². The summed E-state index contributed by atoms with van der Waals surface area (Å²) in [7, 11) is 1.36. The highest BCUT2D eigenvalue weighted by Crippen LogP contribution is 2.29. The monoisotopic (exact) mass is 263 g/mol. The van der Waals surface area contributed by atoms with Crippen LogP contribution in [0, 0.1) is 0 Å². The third-order valence-corrected chi connectivity index (χ3v) is 3.34. The third kappa shape index (κ3) is 2.28. The molecular weight excluding hydrogens is 254 g/mol. The fourth-order valence-corrected chi connectivity index (χ4v) is 2.42. The molecular formula is C8H10BrNO2S. The molecule has 0 saturated carbocycles. The van der Waals surface area contributed by atoms with Gasteiger partial charge in [-0.2, -0.15) is 0 Å². The molecule has 0 saturated heterocycles. The maximum Gasteiger partial charge on any atom is 0.357 e. The molecule has 3 nitrogen and oxygen atoms in total. The van der Waals surface area contributed by atoms with E-state index in [0.717, 1.165) is 8.79 Å². The molecule has 0 aromatic carbocycles. The van der Waals surface area contributed by atoms with Gasteiger partial charge in [0.1, 0.15) is 0 Å². The predicted molar refractivity (Wildman–Crippen MR) is 55.2 cm³/mol. The number of halogens is 1. The normalized spacial score (nSPS) is 10.5. The second-order valence-corrected chi connectivity index (χ2v) is 5.13. The zero-order valence-electron chi connectivity index (χ0n) is 7.63. The number of hydrogen-bond acceptors (Lipinski definition) is 4. The zero-order valence-corrected chi connectivity index (χ0v) is 10.0. The average Bonchev–Trinajstić information content (AvgIpc) is 2.46. The van der Waals surface area contributed by atoms with Gasteiger partial charge in [0.25, 0.3) is 0 Å². The molecule has 0 amide bonds. The van der Waals surface area contributed by atoms with Crippen LogP contribution in [0.5, 0.6) is 0 Å². The van der Waals surface area contributed by atoms with Gasteiger partial charge in [0.2, 0.25) is 0 Å². The molecule has 0 aliphatic rings. The standard InChI is InChI=1S/C8H10BrNO2S/c1-4(2)6-5(7(11)12-3)10-8(9)13-6/h4H,1-3H3. The summed E-state index contributed by atoms with van der Waals surface area (Å²) in [6, 6.07) is 0. The van der Waals surface area contributed by atoms with Crippen molar-refractivity contribution in [2.45, 2.75) is 19.8 Å². The van der Waals surface area contributed by atoms with Crippen molar-refractivity contribution in [2.24, 2.45) is 0 Å². The zero-order chi connectivity index (χ0) is 10.0. The van der Waals surface area contributed by atoms with Crippen LogP contribution in [0.1, 0.15) is 35.1 Å². The Bertz CT molecular complexity index is 322. The molecule has 0 bridgehead atoms. The van der Waals surface area contributed by atoms with E-state index < -0.39 is 0 Å². The van der Waals surface area contributed by atoms with E-state index in [-0.39, 0.29) is 11.9 Å². The lowest BCUT2D eigenvalue weighted by Crippen LogP contribution is -2.05. The first-order valence-corrected chi connectivity index (χ1v) is 5.41. The minimum absolute atomic E-state index is 0.290. The summed E-state index contributed by atoms with van der Waals surface area (Å²) in [4.78, 5) is 16.3. The van der Waals surface area contributed by atoms with Crippen LogP contribution in [-0.2, 0) is 4.74 Å². The molecule has 0 aliphatic carbocycles. The SMILES string of the molecule is COC(=O)c1nc(Br)sc1C(C)C. The molecule has 1 rings (SSSR count). The first-order chi connectivity index (χ1) is 6.06. The lowest BCUT2D eigenvalue weighted by molar-refractivity contribution is 0.0593. The maximum absolute atomic E-state index is 11.3. The molecule has 0 spiro atoms. The molecule has 0 atom stereocenters. The number of methoxy groups -OCH3 is 1. The van der Waals surface area contributed by atoms with E-state index in [1.54, 1.807) is 0 Å². The Morgan fingerprint density at radius 2 is 2.23 bits per heavy atom. The smallest absolute Gasteiger partial charge is 0.357 e. The topological polar surface area (TPSA) is 39.2 Å². The van der Waals surface area contributed by atoms with Crippen molar-refractivity contribution in [1.29, 1.82) is 0 Å². The lowest BCUT2D eigenvalue weighted by Gasteiger charge is -2.02. The lowest BCUT2D eigenvalue weighted by atomic mass is 10.1. The average molecular weight is 264 g/mol. The Kier molecular flexibility index (Phi) is 3.44. The Morgan fingerprint density at radius 3 is 2.69 bits per heavy atom. The van der Waals surface area contributed by atoms with Gasteiger partial charge in [-0.3, -0.25) is 0 Å². The highest BCUT2D eigenvalue weighted by Gasteiger charge is 2.19. The van der Waals surface area contributed by atoms with Crippen LogP contribution in [0.2, 0.25) is 0 Å². The summed E-state index contributed by atoms with van der Waals surface area (Å²) in [5.41, 5.74) is 0.425. The van der Waals surface area contributed by atoms with Crippen LogP contribution < -0.4 is 0 Å². The molecule has 72 valence electrons. The Morgan fingerprint density at radius 1 is 1.62 bits per heavy atom. The summed E-state index contributed by atoms with van der Waals surface area (Å²) in [5.74, 6) is -0.0800. The number of rotatable bonds is 2. The number of ether oxygens (including phenoxy) is 1. The van der Waals surface area contributed by atoms with Crippen molar-refractivity contribution >= 4 is 33.2 Å². The number of carbonyl (C=O) groups is 1. The van der Waals surface area contributed by atoms with Gasteiger partial charge >= 0.3 is 5.97 Å². The van der Waals surface area contributed by atoms with Crippen molar-refractivity contribution in [1.82, 2.24) is 4.98 Å². The van der Waals surface area contributed by atoms with E-state index in [1.807, 2.05) is 13.8 Å². The van der Waals surface area contributed by atoms with Crippen LogP contribution in [-0.4, -0.2) is 18.1 Å². The molecule has 1 heterocycles. The maximum atomic E-state index is 11.3. The number of nitrogens with zero attached hydrogens (tertiary/aromatic N) is 1. The van der Waals surface area contributed by atoms with Gasteiger partial charge in [-0.15, -0.1) is 11.3 Å². The Hall–Kier alpha value is -0.420. The highest BCUT2D eigenvalue weighted by atomic mass is 79.9. The molecule has 0 aliphatic heterocycles. The third-order valence-electron chi connectivity index (χ3n) is 1.53. The van der Waals surface area contributed by atoms with Crippen LogP contribution in [0.15, 0.2) is 3.92 Å². The van der Waals surface area contributed by atoms with Crippen molar-refractivity contribution in [3.8, 4) is 0 Å². The minimum Gasteiger partial charge on any atom is -0.464 e. The van der Waals surface area contributed by atoms with E-state index in [2.05, 4.69) is 25.7 Å². The number of thiazole rings is 1. The fourth-order valence-electron chi connectivity index (χ4n) is 0.939. The number of esters is 1. The van der Waals surface area contributed by atoms with Gasteiger partial charge < -0.3 is 4.74 Å². The predicted octanol–water partition coefficient (Wildman–Crippen LogP) is 2.82. The number of aromatic nitrogens is 1. The summed E-state index contributed by atoms with van der Waals surface area (Å²) in [6.45, 7) is 4.04. The molecule has 0 unspecified atom stereocenters. The van der Waals surface area contributed by atoms with Gasteiger partial charge in [0, 0.05) is 4.88 Å². The first kappa shape index (κ1) is 10.7. The van der Waals surface area contributed by atoms with Crippen LogP contribution in [0.4, 0.5) is 0 Å². The van der Waals surface area contributed by atoms with E-state index in [9.17, 15) is 4.79 Å². The van der Waals surface area contributed by atoms with E-state index in [4.69, 9.17) is 0 Å². The molecule has 0 N–H and O–H groups in total.